The fourth-order valence-electron chi connectivity index (χ4n) is 2.48. The minimum Gasteiger partial charge on any atom is -0.338 e. The highest BCUT2D eigenvalue weighted by molar-refractivity contribution is 9.10. The van der Waals surface area contributed by atoms with Gasteiger partial charge in [-0.2, -0.15) is 0 Å². The molecule has 1 fully saturated rings. The van der Waals surface area contributed by atoms with E-state index in [2.05, 4.69) is 21.2 Å². The predicted octanol–water partition coefficient (Wildman–Crippen LogP) is 2.44. The first kappa shape index (κ1) is 13.6. The van der Waals surface area contributed by atoms with E-state index in [1.165, 1.54) is 0 Å². The maximum atomic E-state index is 12.5. The molecule has 0 aliphatic carbocycles. The molecule has 0 aromatic heterocycles. The van der Waals surface area contributed by atoms with Crippen LogP contribution in [0.4, 0.5) is 0 Å². The van der Waals surface area contributed by atoms with Crippen molar-refractivity contribution < 1.29 is 4.79 Å². The minimum absolute atomic E-state index is 0.160. The maximum Gasteiger partial charge on any atom is 0.254 e. The molecule has 1 N–H and O–H groups in total. The lowest BCUT2D eigenvalue weighted by molar-refractivity contribution is 0.0786. The summed E-state index contributed by atoms with van der Waals surface area (Å²) in [5.74, 6) is 0.749. The van der Waals surface area contributed by atoms with Crippen LogP contribution in [0.25, 0.3) is 0 Å². The fourth-order valence-corrected chi connectivity index (χ4v) is 2.85. The summed E-state index contributed by atoms with van der Waals surface area (Å²) in [6.45, 7) is 4.71. The number of rotatable bonds is 3. The van der Waals surface area contributed by atoms with Crippen molar-refractivity contribution in [1.82, 2.24) is 10.2 Å². The van der Waals surface area contributed by atoms with Crippen LogP contribution in [-0.2, 0) is 0 Å². The summed E-state index contributed by atoms with van der Waals surface area (Å²) < 4.78 is 0.999. The number of hydrogen-bond acceptors (Lipinski definition) is 2. The topological polar surface area (TPSA) is 32.3 Å². The SMILES string of the molecule is CNC[C@@H]1CCN(C(=O)c2cccc(Br)c2C)C1. The van der Waals surface area contributed by atoms with Crippen molar-refractivity contribution in [2.24, 2.45) is 5.92 Å². The molecule has 1 saturated heterocycles. The van der Waals surface area contributed by atoms with Crippen LogP contribution >= 0.6 is 15.9 Å². The van der Waals surface area contributed by atoms with E-state index < -0.39 is 0 Å². The van der Waals surface area contributed by atoms with Crippen molar-refractivity contribution in [1.29, 1.82) is 0 Å². The summed E-state index contributed by atoms with van der Waals surface area (Å²) in [6.07, 6.45) is 1.10. The van der Waals surface area contributed by atoms with Crippen molar-refractivity contribution in [2.75, 3.05) is 26.7 Å². The van der Waals surface area contributed by atoms with Crippen LogP contribution in [-0.4, -0.2) is 37.5 Å². The Morgan fingerprint density at radius 2 is 2.33 bits per heavy atom. The quantitative estimate of drug-likeness (QED) is 0.930. The molecule has 1 heterocycles. The first-order chi connectivity index (χ1) is 8.63. The zero-order chi connectivity index (χ0) is 13.1. The number of halogens is 1. The molecule has 1 atom stereocenters. The van der Waals surface area contributed by atoms with Crippen LogP contribution in [0.5, 0.6) is 0 Å². The highest BCUT2D eigenvalue weighted by atomic mass is 79.9. The zero-order valence-corrected chi connectivity index (χ0v) is 12.5. The zero-order valence-electron chi connectivity index (χ0n) is 10.9. The molecule has 2 rings (SSSR count). The van der Waals surface area contributed by atoms with Gasteiger partial charge in [0.15, 0.2) is 0 Å². The third kappa shape index (κ3) is 2.75. The average molecular weight is 311 g/mol. The number of amides is 1. The number of nitrogens with one attached hydrogen (secondary N) is 1. The minimum atomic E-state index is 0.160. The number of nitrogens with zero attached hydrogens (tertiary/aromatic N) is 1. The van der Waals surface area contributed by atoms with Gasteiger partial charge < -0.3 is 10.2 Å². The van der Waals surface area contributed by atoms with Gasteiger partial charge in [0.25, 0.3) is 5.91 Å². The van der Waals surface area contributed by atoms with Gasteiger partial charge in [0.05, 0.1) is 0 Å². The maximum absolute atomic E-state index is 12.5. The van der Waals surface area contributed by atoms with E-state index in [4.69, 9.17) is 0 Å². The molecule has 0 bridgehead atoms. The van der Waals surface area contributed by atoms with Gasteiger partial charge in [0, 0.05) is 23.1 Å². The lowest BCUT2D eigenvalue weighted by atomic mass is 10.1. The normalized spacial score (nSPS) is 19.3. The monoisotopic (exact) mass is 310 g/mol. The molecule has 0 radical (unpaired) electrons. The van der Waals surface area contributed by atoms with E-state index in [0.29, 0.717) is 5.92 Å². The smallest absolute Gasteiger partial charge is 0.254 e. The summed E-state index contributed by atoms with van der Waals surface area (Å²) in [6, 6.07) is 5.80. The molecular weight excluding hydrogens is 292 g/mol. The van der Waals surface area contributed by atoms with Crippen LogP contribution in [0.15, 0.2) is 22.7 Å². The summed E-state index contributed by atoms with van der Waals surface area (Å²) in [5.41, 5.74) is 1.84. The van der Waals surface area contributed by atoms with Crippen molar-refractivity contribution in [2.45, 2.75) is 13.3 Å². The van der Waals surface area contributed by atoms with E-state index in [0.717, 1.165) is 41.7 Å². The van der Waals surface area contributed by atoms with E-state index in [-0.39, 0.29) is 5.91 Å². The second kappa shape index (κ2) is 5.85. The van der Waals surface area contributed by atoms with Crippen molar-refractivity contribution in [3.05, 3.63) is 33.8 Å². The lowest BCUT2D eigenvalue weighted by Crippen LogP contribution is -2.30. The predicted molar refractivity (Wildman–Crippen MR) is 76.8 cm³/mol. The van der Waals surface area contributed by atoms with Gasteiger partial charge in [-0.05, 0) is 50.6 Å². The number of likely N-dealkylation sites (tertiary alicyclic amines) is 1. The molecule has 0 spiro atoms. The van der Waals surface area contributed by atoms with E-state index in [1.54, 1.807) is 0 Å². The first-order valence-corrected chi connectivity index (χ1v) is 7.11. The van der Waals surface area contributed by atoms with E-state index in [1.807, 2.05) is 37.1 Å². The molecule has 1 amide bonds. The summed E-state index contributed by atoms with van der Waals surface area (Å²) >= 11 is 3.48. The second-order valence-corrected chi connectivity index (χ2v) is 5.73. The van der Waals surface area contributed by atoms with Crippen LogP contribution in [0.2, 0.25) is 0 Å². The van der Waals surface area contributed by atoms with Crippen molar-refractivity contribution in [3.63, 3.8) is 0 Å². The van der Waals surface area contributed by atoms with Gasteiger partial charge >= 0.3 is 0 Å². The molecule has 1 aliphatic rings. The van der Waals surface area contributed by atoms with Crippen molar-refractivity contribution >= 4 is 21.8 Å². The molecule has 4 heteroatoms. The van der Waals surface area contributed by atoms with Crippen LogP contribution < -0.4 is 5.32 Å². The van der Waals surface area contributed by atoms with Gasteiger partial charge in [-0.1, -0.05) is 22.0 Å². The Hall–Kier alpha value is -0.870. The molecule has 3 nitrogen and oxygen atoms in total. The first-order valence-electron chi connectivity index (χ1n) is 6.32. The summed E-state index contributed by atoms with van der Waals surface area (Å²) in [5, 5.41) is 3.18. The van der Waals surface area contributed by atoms with Gasteiger partial charge in [-0.3, -0.25) is 4.79 Å². The van der Waals surface area contributed by atoms with Crippen molar-refractivity contribution in [3.8, 4) is 0 Å². The third-order valence-electron chi connectivity index (χ3n) is 3.56. The summed E-state index contributed by atoms with van der Waals surface area (Å²) in [4.78, 5) is 14.4. The van der Waals surface area contributed by atoms with Gasteiger partial charge in [-0.25, -0.2) is 0 Å². The molecule has 0 saturated carbocycles. The van der Waals surface area contributed by atoms with Crippen LogP contribution in [0, 0.1) is 12.8 Å². The second-order valence-electron chi connectivity index (χ2n) is 4.88. The number of carbonyl (C=O) groups excluding carboxylic acids is 1. The van der Waals surface area contributed by atoms with Crippen LogP contribution in [0.3, 0.4) is 0 Å². The van der Waals surface area contributed by atoms with Gasteiger partial charge in [0.2, 0.25) is 0 Å². The van der Waals surface area contributed by atoms with E-state index >= 15 is 0 Å². The number of carbonyl (C=O) groups is 1. The number of benzene rings is 1. The largest absolute Gasteiger partial charge is 0.338 e. The molecule has 18 heavy (non-hydrogen) atoms. The third-order valence-corrected chi connectivity index (χ3v) is 4.42. The molecule has 98 valence electrons. The molecule has 1 aliphatic heterocycles. The summed E-state index contributed by atoms with van der Waals surface area (Å²) in [7, 11) is 1.96. The Labute approximate surface area is 117 Å². The molecule has 1 aromatic rings. The standard InChI is InChI=1S/C14H19BrN2O/c1-10-12(4-3-5-13(10)15)14(18)17-7-6-11(9-17)8-16-2/h3-5,11,16H,6-9H2,1-2H3/t11-/m0/s1. The van der Waals surface area contributed by atoms with E-state index in [9.17, 15) is 4.79 Å². The average Bonchev–Trinajstić information content (AvgIpc) is 2.81. The Kier molecular flexibility index (Phi) is 4.40. The molecule has 0 unspecified atom stereocenters. The van der Waals surface area contributed by atoms with Crippen LogP contribution in [0.1, 0.15) is 22.3 Å². The lowest BCUT2D eigenvalue weighted by Gasteiger charge is -2.18. The Balaban J connectivity index is 2.11. The molecule has 1 aromatic carbocycles. The highest BCUT2D eigenvalue weighted by Gasteiger charge is 2.27. The highest BCUT2D eigenvalue weighted by Crippen LogP contribution is 2.23. The molecular formula is C14H19BrN2O. The Bertz CT molecular complexity index is 447. The van der Waals surface area contributed by atoms with Gasteiger partial charge in [0.1, 0.15) is 0 Å². The Morgan fingerprint density at radius 3 is 3.06 bits per heavy atom. The Morgan fingerprint density at radius 1 is 1.56 bits per heavy atom. The van der Waals surface area contributed by atoms with Gasteiger partial charge in [-0.15, -0.1) is 0 Å². The fraction of sp³-hybridized carbons (Fsp3) is 0.500. The number of hydrogen-bond donors (Lipinski definition) is 1.